The average molecular weight is 333 g/mol. The van der Waals surface area contributed by atoms with E-state index in [1.165, 1.54) is 10.7 Å². The number of nitrogens with one attached hydrogen (secondary N) is 1. The molecule has 0 saturated heterocycles. The van der Waals surface area contributed by atoms with Gasteiger partial charge in [0, 0.05) is 5.92 Å². The van der Waals surface area contributed by atoms with Gasteiger partial charge in [0.15, 0.2) is 22.9 Å². The van der Waals surface area contributed by atoms with Crippen molar-refractivity contribution in [2.45, 2.75) is 26.2 Å². The van der Waals surface area contributed by atoms with Gasteiger partial charge < -0.3 is 9.73 Å². The summed E-state index contributed by atoms with van der Waals surface area (Å²) in [6, 6.07) is 3.40. The zero-order valence-electron chi connectivity index (χ0n) is 12.7. The standard InChI is InChI=1S/C15H13F2N5O2/c1-7-2-5-9(24-7)11-14-20-13(12(16)17)21-22(14)6-10(18-11)19-15(23)8-3-4-8/h2,5-6,8,12H,3-4H2,1H3,(H,19,23). The minimum absolute atomic E-state index is 0.0100. The summed E-state index contributed by atoms with van der Waals surface area (Å²) in [6.07, 6.45) is 0.253. The Morgan fingerprint density at radius 3 is 2.79 bits per heavy atom. The Bertz CT molecular complexity index is 929. The summed E-state index contributed by atoms with van der Waals surface area (Å²) in [5, 5.41) is 6.44. The van der Waals surface area contributed by atoms with Crippen LogP contribution in [0.15, 0.2) is 22.7 Å². The molecule has 4 rings (SSSR count). The van der Waals surface area contributed by atoms with Crippen molar-refractivity contribution in [2.24, 2.45) is 5.92 Å². The van der Waals surface area contributed by atoms with E-state index in [2.05, 4.69) is 20.4 Å². The highest BCUT2D eigenvalue weighted by Crippen LogP contribution is 2.31. The third kappa shape index (κ3) is 2.61. The molecule has 3 heterocycles. The molecule has 7 nitrogen and oxygen atoms in total. The highest BCUT2D eigenvalue weighted by atomic mass is 19.3. The van der Waals surface area contributed by atoms with Crippen LogP contribution in [0.5, 0.6) is 0 Å². The molecular weight excluding hydrogens is 320 g/mol. The number of aryl methyl sites for hydroxylation is 1. The molecule has 9 heteroatoms. The molecule has 0 aliphatic heterocycles. The van der Waals surface area contributed by atoms with Crippen molar-refractivity contribution in [1.29, 1.82) is 0 Å². The second-order valence-corrected chi connectivity index (χ2v) is 5.69. The fourth-order valence-corrected chi connectivity index (χ4v) is 2.36. The van der Waals surface area contributed by atoms with Crippen LogP contribution in [0.25, 0.3) is 17.1 Å². The van der Waals surface area contributed by atoms with Gasteiger partial charge in [0.25, 0.3) is 6.43 Å². The zero-order chi connectivity index (χ0) is 16.8. The third-order valence-electron chi connectivity index (χ3n) is 3.70. The Morgan fingerprint density at radius 2 is 2.17 bits per heavy atom. The number of nitrogens with zero attached hydrogens (tertiary/aromatic N) is 4. The van der Waals surface area contributed by atoms with Crippen LogP contribution < -0.4 is 5.32 Å². The molecule has 1 saturated carbocycles. The molecule has 1 fully saturated rings. The Labute approximate surface area is 134 Å². The van der Waals surface area contributed by atoms with Crippen LogP contribution in [-0.4, -0.2) is 25.5 Å². The third-order valence-corrected chi connectivity index (χ3v) is 3.70. The van der Waals surface area contributed by atoms with E-state index in [1.807, 2.05) is 0 Å². The van der Waals surface area contributed by atoms with Gasteiger partial charge >= 0.3 is 0 Å². The minimum atomic E-state index is -2.81. The summed E-state index contributed by atoms with van der Waals surface area (Å²) in [6.45, 7) is 1.76. The molecule has 24 heavy (non-hydrogen) atoms. The SMILES string of the molecule is Cc1ccc(-c2nc(NC(=O)C3CC3)cn3nc(C(F)F)nc23)o1. The first-order chi connectivity index (χ1) is 11.5. The largest absolute Gasteiger partial charge is 0.460 e. The summed E-state index contributed by atoms with van der Waals surface area (Å²) in [4.78, 5) is 20.1. The molecule has 0 spiro atoms. The van der Waals surface area contributed by atoms with Gasteiger partial charge in [-0.15, -0.1) is 5.10 Å². The topological polar surface area (TPSA) is 85.3 Å². The monoisotopic (exact) mass is 333 g/mol. The normalized spacial score (nSPS) is 14.5. The maximum absolute atomic E-state index is 12.9. The lowest BCUT2D eigenvalue weighted by molar-refractivity contribution is -0.117. The number of alkyl halides is 2. The number of hydrogen-bond acceptors (Lipinski definition) is 5. The van der Waals surface area contributed by atoms with Crippen LogP contribution in [0.1, 0.15) is 30.9 Å². The summed E-state index contributed by atoms with van der Waals surface area (Å²) in [5.74, 6) is 0.474. The molecule has 124 valence electrons. The maximum Gasteiger partial charge on any atom is 0.299 e. The second-order valence-electron chi connectivity index (χ2n) is 5.69. The van der Waals surface area contributed by atoms with Crippen molar-refractivity contribution < 1.29 is 18.0 Å². The van der Waals surface area contributed by atoms with Crippen molar-refractivity contribution >= 4 is 17.4 Å². The number of rotatable bonds is 4. The fourth-order valence-electron chi connectivity index (χ4n) is 2.36. The molecule has 3 aromatic rings. The molecule has 3 aromatic heterocycles. The average Bonchev–Trinajstić information content (AvgIpc) is 3.16. The van der Waals surface area contributed by atoms with Gasteiger partial charge in [0.05, 0.1) is 6.20 Å². The van der Waals surface area contributed by atoms with E-state index in [4.69, 9.17) is 4.42 Å². The number of fused-ring (bicyclic) bond motifs is 1. The first kappa shape index (κ1) is 14.7. The van der Waals surface area contributed by atoms with Gasteiger partial charge in [0.2, 0.25) is 11.7 Å². The Morgan fingerprint density at radius 1 is 1.38 bits per heavy atom. The van der Waals surface area contributed by atoms with Crippen molar-refractivity contribution in [3.63, 3.8) is 0 Å². The van der Waals surface area contributed by atoms with Crippen molar-refractivity contribution in [2.75, 3.05) is 5.32 Å². The van der Waals surface area contributed by atoms with Gasteiger partial charge in [-0.2, -0.15) is 0 Å². The van der Waals surface area contributed by atoms with Crippen LogP contribution in [0, 0.1) is 12.8 Å². The van der Waals surface area contributed by atoms with Gasteiger partial charge in [-0.05, 0) is 31.9 Å². The lowest BCUT2D eigenvalue weighted by atomic mass is 10.3. The smallest absolute Gasteiger partial charge is 0.299 e. The molecule has 0 unspecified atom stereocenters. The lowest BCUT2D eigenvalue weighted by Crippen LogP contribution is -2.15. The van der Waals surface area contributed by atoms with Crippen molar-refractivity contribution in [3.8, 4) is 11.5 Å². The Balaban J connectivity index is 1.84. The number of aromatic nitrogens is 4. The van der Waals surface area contributed by atoms with E-state index >= 15 is 0 Å². The predicted molar refractivity (Wildman–Crippen MR) is 79.5 cm³/mol. The molecular formula is C15H13F2N5O2. The number of amides is 1. The highest BCUT2D eigenvalue weighted by molar-refractivity contribution is 5.93. The van der Waals surface area contributed by atoms with Crippen LogP contribution in [0.4, 0.5) is 14.6 Å². The molecule has 0 aromatic carbocycles. The molecule has 1 aliphatic rings. The van der Waals surface area contributed by atoms with E-state index in [0.717, 1.165) is 12.8 Å². The number of carbonyl (C=O) groups is 1. The lowest BCUT2D eigenvalue weighted by Gasteiger charge is -2.06. The number of carbonyl (C=O) groups excluding carboxylic acids is 1. The molecule has 0 bridgehead atoms. The predicted octanol–water partition coefficient (Wildman–Crippen LogP) is 2.98. The van der Waals surface area contributed by atoms with Crippen LogP contribution >= 0.6 is 0 Å². The van der Waals surface area contributed by atoms with Gasteiger partial charge in [0.1, 0.15) is 5.76 Å². The summed E-state index contributed by atoms with van der Waals surface area (Å²) in [7, 11) is 0. The Hall–Kier alpha value is -2.84. The van der Waals surface area contributed by atoms with Crippen LogP contribution in [-0.2, 0) is 4.79 Å². The fraction of sp³-hybridized carbons (Fsp3) is 0.333. The van der Waals surface area contributed by atoms with Gasteiger partial charge in [-0.3, -0.25) is 4.79 Å². The first-order valence-electron chi connectivity index (χ1n) is 7.44. The number of furan rings is 1. The quantitative estimate of drug-likeness (QED) is 0.793. The zero-order valence-corrected chi connectivity index (χ0v) is 12.7. The molecule has 1 amide bonds. The summed E-state index contributed by atoms with van der Waals surface area (Å²) in [5.41, 5.74) is 0.389. The highest BCUT2D eigenvalue weighted by Gasteiger charge is 2.30. The number of hydrogen-bond donors (Lipinski definition) is 1. The summed E-state index contributed by atoms with van der Waals surface area (Å²) >= 11 is 0. The van der Waals surface area contributed by atoms with E-state index in [9.17, 15) is 13.6 Å². The van der Waals surface area contributed by atoms with Gasteiger partial charge in [-0.25, -0.2) is 23.3 Å². The molecule has 1 N–H and O–H groups in total. The molecule has 0 radical (unpaired) electrons. The van der Waals surface area contributed by atoms with E-state index in [0.29, 0.717) is 11.5 Å². The van der Waals surface area contributed by atoms with Crippen molar-refractivity contribution in [3.05, 3.63) is 29.9 Å². The maximum atomic E-state index is 12.9. The number of anilines is 1. The van der Waals surface area contributed by atoms with E-state index in [1.54, 1.807) is 19.1 Å². The first-order valence-corrected chi connectivity index (χ1v) is 7.44. The van der Waals surface area contributed by atoms with Crippen LogP contribution in [0.3, 0.4) is 0 Å². The molecule has 0 atom stereocenters. The van der Waals surface area contributed by atoms with Gasteiger partial charge in [-0.1, -0.05) is 0 Å². The van der Waals surface area contributed by atoms with E-state index < -0.39 is 12.2 Å². The molecule has 1 aliphatic carbocycles. The number of halogens is 2. The second kappa shape index (κ2) is 5.36. The summed E-state index contributed by atoms with van der Waals surface area (Å²) < 4.78 is 32.5. The minimum Gasteiger partial charge on any atom is -0.460 e. The van der Waals surface area contributed by atoms with Crippen LogP contribution in [0.2, 0.25) is 0 Å². The Kier molecular flexibility index (Phi) is 3.29. The van der Waals surface area contributed by atoms with Crippen molar-refractivity contribution in [1.82, 2.24) is 19.6 Å². The van der Waals surface area contributed by atoms with E-state index in [-0.39, 0.29) is 29.0 Å².